The summed E-state index contributed by atoms with van der Waals surface area (Å²) in [6, 6.07) is 6.01. The van der Waals surface area contributed by atoms with Crippen molar-refractivity contribution in [2.24, 2.45) is 5.92 Å². The number of nitrogens with one attached hydrogen (secondary N) is 1. The topological polar surface area (TPSA) is 48.5 Å². The molecule has 5 nitrogen and oxygen atoms in total. The van der Waals surface area contributed by atoms with Crippen LogP contribution in [0.3, 0.4) is 0 Å². The van der Waals surface area contributed by atoms with E-state index in [2.05, 4.69) is 20.1 Å². The molecule has 1 saturated heterocycles. The molecule has 0 bridgehead atoms. The largest absolute Gasteiger partial charge is 0.355 e. The number of amides is 1. The quantitative estimate of drug-likeness (QED) is 0.901. The average Bonchev–Trinajstić information content (AvgIpc) is 2.62. The number of piperazine rings is 1. The molecule has 1 N–H and O–H groups in total. The van der Waals surface area contributed by atoms with Gasteiger partial charge in [0.05, 0.1) is 6.54 Å². The standard InChI is InChI=1S/C18H28N4O/c23-18(20-14-16-6-2-1-3-7-16)15-21-10-12-22(13-11-21)17-8-4-5-9-19-17/h4-5,8-9,16H,1-3,6-7,10-15H2,(H,20,23). The molecular weight excluding hydrogens is 288 g/mol. The summed E-state index contributed by atoms with van der Waals surface area (Å²) in [4.78, 5) is 21.1. The molecule has 0 spiro atoms. The third-order valence-corrected chi connectivity index (χ3v) is 5.03. The number of nitrogens with zero attached hydrogens (tertiary/aromatic N) is 3. The van der Waals surface area contributed by atoms with Gasteiger partial charge in [-0.25, -0.2) is 4.98 Å². The van der Waals surface area contributed by atoms with Crippen LogP contribution >= 0.6 is 0 Å². The van der Waals surface area contributed by atoms with Crippen molar-refractivity contribution in [1.29, 1.82) is 0 Å². The van der Waals surface area contributed by atoms with Crippen LogP contribution in [0, 0.1) is 5.92 Å². The number of pyridine rings is 1. The maximum absolute atomic E-state index is 12.1. The molecule has 126 valence electrons. The van der Waals surface area contributed by atoms with Gasteiger partial charge in [-0.05, 0) is 30.9 Å². The minimum atomic E-state index is 0.182. The molecule has 1 aliphatic carbocycles. The molecule has 0 aromatic carbocycles. The maximum Gasteiger partial charge on any atom is 0.234 e. The van der Waals surface area contributed by atoms with Crippen LogP contribution in [-0.2, 0) is 4.79 Å². The first kappa shape index (κ1) is 16.2. The van der Waals surface area contributed by atoms with E-state index in [4.69, 9.17) is 0 Å². The maximum atomic E-state index is 12.1. The van der Waals surface area contributed by atoms with Gasteiger partial charge in [0.15, 0.2) is 0 Å². The minimum Gasteiger partial charge on any atom is -0.355 e. The molecular formula is C18H28N4O. The second kappa shape index (κ2) is 8.29. The third kappa shape index (κ3) is 4.93. The molecule has 23 heavy (non-hydrogen) atoms. The van der Waals surface area contributed by atoms with Crippen LogP contribution in [0.25, 0.3) is 0 Å². The van der Waals surface area contributed by atoms with Crippen LogP contribution in [0.15, 0.2) is 24.4 Å². The smallest absolute Gasteiger partial charge is 0.234 e. The Morgan fingerprint density at radius 3 is 2.61 bits per heavy atom. The van der Waals surface area contributed by atoms with Gasteiger partial charge in [-0.15, -0.1) is 0 Å². The zero-order valence-electron chi connectivity index (χ0n) is 13.9. The van der Waals surface area contributed by atoms with Crippen molar-refractivity contribution in [3.8, 4) is 0 Å². The lowest BCUT2D eigenvalue weighted by molar-refractivity contribution is -0.122. The zero-order valence-corrected chi connectivity index (χ0v) is 13.9. The number of carbonyl (C=O) groups excluding carboxylic acids is 1. The lowest BCUT2D eigenvalue weighted by atomic mass is 9.89. The zero-order chi connectivity index (χ0) is 15.9. The van der Waals surface area contributed by atoms with E-state index in [1.165, 1.54) is 32.1 Å². The van der Waals surface area contributed by atoms with Gasteiger partial charge in [-0.1, -0.05) is 25.3 Å². The Bertz CT molecular complexity index is 479. The fourth-order valence-electron chi connectivity index (χ4n) is 3.58. The molecule has 0 atom stereocenters. The molecule has 2 fully saturated rings. The fourth-order valence-corrected chi connectivity index (χ4v) is 3.58. The SMILES string of the molecule is O=C(CN1CCN(c2ccccn2)CC1)NCC1CCCCC1. The van der Waals surface area contributed by atoms with Crippen LogP contribution < -0.4 is 10.2 Å². The lowest BCUT2D eigenvalue weighted by Gasteiger charge is -2.35. The van der Waals surface area contributed by atoms with Gasteiger partial charge in [0.2, 0.25) is 5.91 Å². The van der Waals surface area contributed by atoms with Gasteiger partial charge >= 0.3 is 0 Å². The number of hydrogen-bond acceptors (Lipinski definition) is 4. The van der Waals surface area contributed by atoms with Gasteiger partial charge in [-0.3, -0.25) is 9.69 Å². The van der Waals surface area contributed by atoms with Crippen molar-refractivity contribution in [2.75, 3.05) is 44.2 Å². The van der Waals surface area contributed by atoms with Gasteiger partial charge in [0.25, 0.3) is 0 Å². The molecule has 0 unspecified atom stereocenters. The normalized spacial score (nSPS) is 20.4. The summed E-state index contributed by atoms with van der Waals surface area (Å²) in [5.74, 6) is 1.92. The van der Waals surface area contributed by atoms with E-state index in [0.29, 0.717) is 12.5 Å². The van der Waals surface area contributed by atoms with Crippen molar-refractivity contribution in [3.05, 3.63) is 24.4 Å². The molecule has 0 radical (unpaired) electrons. The molecule has 1 saturated carbocycles. The van der Waals surface area contributed by atoms with E-state index in [9.17, 15) is 4.79 Å². The van der Waals surface area contributed by atoms with E-state index in [0.717, 1.165) is 38.5 Å². The number of anilines is 1. The Hall–Kier alpha value is -1.62. The Kier molecular flexibility index (Phi) is 5.86. The molecule has 1 amide bonds. The fraction of sp³-hybridized carbons (Fsp3) is 0.667. The summed E-state index contributed by atoms with van der Waals surface area (Å²) >= 11 is 0. The third-order valence-electron chi connectivity index (χ3n) is 5.03. The predicted octanol–water partition coefficient (Wildman–Crippen LogP) is 1.90. The molecule has 2 heterocycles. The first-order valence-electron chi connectivity index (χ1n) is 8.96. The predicted molar refractivity (Wildman–Crippen MR) is 92.5 cm³/mol. The number of rotatable bonds is 5. The highest BCUT2D eigenvalue weighted by atomic mass is 16.2. The Balaban J connectivity index is 1.36. The van der Waals surface area contributed by atoms with Crippen LogP contribution in [-0.4, -0.2) is 55.1 Å². The second-order valence-corrected chi connectivity index (χ2v) is 6.76. The molecule has 1 aromatic rings. The van der Waals surface area contributed by atoms with Gasteiger partial charge in [0, 0.05) is 38.9 Å². The highest BCUT2D eigenvalue weighted by Crippen LogP contribution is 2.22. The Morgan fingerprint density at radius 1 is 1.13 bits per heavy atom. The summed E-state index contributed by atoms with van der Waals surface area (Å²) in [7, 11) is 0. The van der Waals surface area contributed by atoms with Crippen molar-refractivity contribution in [3.63, 3.8) is 0 Å². The van der Waals surface area contributed by atoms with Crippen molar-refractivity contribution < 1.29 is 4.79 Å². The van der Waals surface area contributed by atoms with Crippen LogP contribution in [0.1, 0.15) is 32.1 Å². The molecule has 5 heteroatoms. The van der Waals surface area contributed by atoms with Gasteiger partial charge < -0.3 is 10.2 Å². The Labute approximate surface area is 139 Å². The van der Waals surface area contributed by atoms with Crippen LogP contribution in [0.5, 0.6) is 0 Å². The molecule has 2 aliphatic rings. The lowest BCUT2D eigenvalue weighted by Crippen LogP contribution is -2.50. The summed E-state index contributed by atoms with van der Waals surface area (Å²) in [6.07, 6.45) is 8.42. The summed E-state index contributed by atoms with van der Waals surface area (Å²) < 4.78 is 0. The molecule has 1 aliphatic heterocycles. The summed E-state index contributed by atoms with van der Waals surface area (Å²) in [5.41, 5.74) is 0. The average molecular weight is 316 g/mol. The summed E-state index contributed by atoms with van der Waals surface area (Å²) in [6.45, 7) is 5.12. The Morgan fingerprint density at radius 2 is 1.91 bits per heavy atom. The van der Waals surface area contributed by atoms with Crippen molar-refractivity contribution in [2.45, 2.75) is 32.1 Å². The van der Waals surface area contributed by atoms with E-state index in [-0.39, 0.29) is 5.91 Å². The summed E-state index contributed by atoms with van der Waals surface area (Å²) in [5, 5.41) is 3.14. The molecule has 3 rings (SSSR count). The monoisotopic (exact) mass is 316 g/mol. The number of aromatic nitrogens is 1. The first-order chi connectivity index (χ1) is 11.3. The van der Waals surface area contributed by atoms with Crippen molar-refractivity contribution in [1.82, 2.24) is 15.2 Å². The first-order valence-corrected chi connectivity index (χ1v) is 8.96. The second-order valence-electron chi connectivity index (χ2n) is 6.76. The number of hydrogen-bond donors (Lipinski definition) is 1. The van der Waals surface area contributed by atoms with Crippen LogP contribution in [0.2, 0.25) is 0 Å². The molecule has 1 aromatic heterocycles. The van der Waals surface area contributed by atoms with E-state index in [1.807, 2.05) is 24.4 Å². The van der Waals surface area contributed by atoms with Gasteiger partial charge in [0.1, 0.15) is 5.82 Å². The van der Waals surface area contributed by atoms with E-state index >= 15 is 0 Å². The highest BCUT2D eigenvalue weighted by molar-refractivity contribution is 5.78. The van der Waals surface area contributed by atoms with Crippen molar-refractivity contribution >= 4 is 11.7 Å². The van der Waals surface area contributed by atoms with Gasteiger partial charge in [-0.2, -0.15) is 0 Å². The highest BCUT2D eigenvalue weighted by Gasteiger charge is 2.20. The minimum absolute atomic E-state index is 0.182. The van der Waals surface area contributed by atoms with E-state index in [1.54, 1.807) is 0 Å². The van der Waals surface area contributed by atoms with Crippen LogP contribution in [0.4, 0.5) is 5.82 Å². The van der Waals surface area contributed by atoms with E-state index < -0.39 is 0 Å². The number of carbonyl (C=O) groups is 1.